The van der Waals surface area contributed by atoms with Gasteiger partial charge in [0.2, 0.25) is 11.6 Å². The molecule has 0 spiro atoms. The van der Waals surface area contributed by atoms with E-state index in [0.717, 1.165) is 0 Å². The van der Waals surface area contributed by atoms with Crippen LogP contribution in [0.25, 0.3) is 0 Å². The number of nitro groups is 1. The standard InChI is InChI=1S/C13H16N6O2/c1-8(2)9-3-5-10(6-4-9)17-12-11(19(20)21)13(18-14)16-7-15-12/h3-8H,14H2,1-2H3,(H2,15,16,17,18). The molecule has 0 amide bonds. The molecule has 1 heterocycles. The molecule has 0 atom stereocenters. The Morgan fingerprint density at radius 2 is 1.81 bits per heavy atom. The van der Waals surface area contributed by atoms with Gasteiger partial charge in [-0.3, -0.25) is 10.1 Å². The normalized spacial score (nSPS) is 10.5. The predicted molar refractivity (Wildman–Crippen MR) is 80.3 cm³/mol. The monoisotopic (exact) mass is 288 g/mol. The molecule has 1 aromatic carbocycles. The minimum Gasteiger partial charge on any atom is -0.334 e. The molecular formula is C13H16N6O2. The quantitative estimate of drug-likeness (QED) is 0.439. The number of benzene rings is 1. The average molecular weight is 288 g/mol. The molecule has 0 aliphatic carbocycles. The smallest absolute Gasteiger partial charge is 0.334 e. The number of nitrogen functional groups attached to an aromatic ring is 1. The molecule has 0 bridgehead atoms. The highest BCUT2D eigenvalue weighted by Crippen LogP contribution is 2.30. The molecule has 8 nitrogen and oxygen atoms in total. The van der Waals surface area contributed by atoms with Crippen LogP contribution in [0.1, 0.15) is 25.3 Å². The molecule has 8 heteroatoms. The largest absolute Gasteiger partial charge is 0.354 e. The van der Waals surface area contributed by atoms with E-state index in [0.29, 0.717) is 11.6 Å². The predicted octanol–water partition coefficient (Wildman–Crippen LogP) is 2.54. The van der Waals surface area contributed by atoms with Crippen LogP contribution >= 0.6 is 0 Å². The number of nitrogens with zero attached hydrogens (tertiary/aromatic N) is 3. The minimum atomic E-state index is -0.583. The topological polar surface area (TPSA) is 119 Å². The molecule has 110 valence electrons. The van der Waals surface area contributed by atoms with E-state index in [4.69, 9.17) is 5.84 Å². The summed E-state index contributed by atoms with van der Waals surface area (Å²) in [5.74, 6) is 5.69. The van der Waals surface area contributed by atoms with Gasteiger partial charge < -0.3 is 10.7 Å². The number of rotatable bonds is 5. The van der Waals surface area contributed by atoms with Crippen molar-refractivity contribution in [1.29, 1.82) is 0 Å². The van der Waals surface area contributed by atoms with Crippen molar-refractivity contribution in [2.75, 3.05) is 10.7 Å². The summed E-state index contributed by atoms with van der Waals surface area (Å²) in [4.78, 5) is 18.2. The SMILES string of the molecule is CC(C)c1ccc(Nc2ncnc(NN)c2[N+](=O)[O-])cc1. The third-order valence-corrected chi connectivity index (χ3v) is 2.98. The fraction of sp³-hybridized carbons (Fsp3) is 0.231. The minimum absolute atomic E-state index is 0.0451. The van der Waals surface area contributed by atoms with E-state index in [1.165, 1.54) is 11.9 Å². The maximum absolute atomic E-state index is 11.1. The van der Waals surface area contributed by atoms with Crippen molar-refractivity contribution in [2.24, 2.45) is 5.84 Å². The van der Waals surface area contributed by atoms with E-state index in [-0.39, 0.29) is 17.3 Å². The zero-order valence-electron chi connectivity index (χ0n) is 11.7. The Balaban J connectivity index is 2.33. The van der Waals surface area contributed by atoms with Crippen molar-refractivity contribution in [3.63, 3.8) is 0 Å². The van der Waals surface area contributed by atoms with Crippen LogP contribution in [0.2, 0.25) is 0 Å². The number of hydrogen-bond donors (Lipinski definition) is 3. The number of anilines is 3. The molecular weight excluding hydrogens is 272 g/mol. The lowest BCUT2D eigenvalue weighted by Gasteiger charge is -2.10. The number of hydrogen-bond acceptors (Lipinski definition) is 7. The lowest BCUT2D eigenvalue weighted by Crippen LogP contribution is -2.12. The van der Waals surface area contributed by atoms with E-state index in [1.807, 2.05) is 24.3 Å². The van der Waals surface area contributed by atoms with Crippen LogP contribution < -0.4 is 16.6 Å². The highest BCUT2D eigenvalue weighted by molar-refractivity contribution is 5.73. The summed E-state index contributed by atoms with van der Waals surface area (Å²) in [6, 6.07) is 7.61. The van der Waals surface area contributed by atoms with Gasteiger partial charge >= 0.3 is 5.69 Å². The average Bonchev–Trinajstić information content (AvgIpc) is 2.47. The first-order valence-electron chi connectivity index (χ1n) is 6.36. The second-order valence-corrected chi connectivity index (χ2v) is 4.72. The van der Waals surface area contributed by atoms with Crippen LogP contribution in [-0.2, 0) is 0 Å². The first-order valence-corrected chi connectivity index (χ1v) is 6.36. The Bertz CT molecular complexity index is 642. The first-order chi connectivity index (χ1) is 10.0. The van der Waals surface area contributed by atoms with Gasteiger partial charge in [-0.2, -0.15) is 0 Å². The summed E-state index contributed by atoms with van der Waals surface area (Å²) < 4.78 is 0. The molecule has 0 radical (unpaired) electrons. The molecule has 0 saturated heterocycles. The Morgan fingerprint density at radius 3 is 2.33 bits per heavy atom. The second-order valence-electron chi connectivity index (χ2n) is 4.72. The Hall–Kier alpha value is -2.74. The van der Waals surface area contributed by atoms with Crippen molar-refractivity contribution in [3.05, 3.63) is 46.3 Å². The molecule has 0 aliphatic rings. The summed E-state index contributed by atoms with van der Waals surface area (Å²) >= 11 is 0. The fourth-order valence-corrected chi connectivity index (χ4v) is 1.84. The number of nitrogens with one attached hydrogen (secondary N) is 2. The van der Waals surface area contributed by atoms with Crippen molar-refractivity contribution in [1.82, 2.24) is 9.97 Å². The number of aromatic nitrogens is 2. The van der Waals surface area contributed by atoms with Crippen molar-refractivity contribution >= 4 is 23.0 Å². The van der Waals surface area contributed by atoms with Crippen molar-refractivity contribution in [3.8, 4) is 0 Å². The van der Waals surface area contributed by atoms with Crippen LogP contribution in [0.3, 0.4) is 0 Å². The first kappa shape index (κ1) is 14.7. The van der Waals surface area contributed by atoms with Crippen LogP contribution in [0.4, 0.5) is 23.0 Å². The molecule has 2 rings (SSSR count). The van der Waals surface area contributed by atoms with Gasteiger partial charge in [0, 0.05) is 5.69 Å². The van der Waals surface area contributed by atoms with Gasteiger partial charge in [0.1, 0.15) is 6.33 Å². The second kappa shape index (κ2) is 6.14. The molecule has 4 N–H and O–H groups in total. The van der Waals surface area contributed by atoms with E-state index < -0.39 is 4.92 Å². The number of nitrogens with two attached hydrogens (primary N) is 1. The summed E-state index contributed by atoms with van der Waals surface area (Å²) in [5, 5.41) is 14.0. The van der Waals surface area contributed by atoms with Crippen LogP contribution in [-0.4, -0.2) is 14.9 Å². The summed E-state index contributed by atoms with van der Waals surface area (Å²) in [6.07, 6.45) is 1.20. The van der Waals surface area contributed by atoms with Gasteiger partial charge in [0.15, 0.2) is 0 Å². The Kier molecular flexibility index (Phi) is 4.29. The maximum Gasteiger partial charge on any atom is 0.354 e. The molecule has 2 aromatic rings. The van der Waals surface area contributed by atoms with E-state index in [9.17, 15) is 10.1 Å². The third-order valence-electron chi connectivity index (χ3n) is 2.98. The van der Waals surface area contributed by atoms with Gasteiger partial charge in [-0.15, -0.1) is 0 Å². The van der Waals surface area contributed by atoms with Crippen molar-refractivity contribution < 1.29 is 4.92 Å². The fourth-order valence-electron chi connectivity index (χ4n) is 1.84. The summed E-state index contributed by atoms with van der Waals surface area (Å²) in [6.45, 7) is 4.19. The zero-order valence-corrected chi connectivity index (χ0v) is 11.7. The molecule has 1 aromatic heterocycles. The number of hydrazine groups is 1. The zero-order chi connectivity index (χ0) is 15.4. The van der Waals surface area contributed by atoms with Gasteiger partial charge in [-0.25, -0.2) is 15.8 Å². The van der Waals surface area contributed by atoms with Gasteiger partial charge in [-0.05, 0) is 23.6 Å². The lowest BCUT2D eigenvalue weighted by molar-refractivity contribution is -0.383. The van der Waals surface area contributed by atoms with Crippen LogP contribution in [0.5, 0.6) is 0 Å². The van der Waals surface area contributed by atoms with E-state index in [2.05, 4.69) is 34.6 Å². The van der Waals surface area contributed by atoms with Crippen LogP contribution in [0.15, 0.2) is 30.6 Å². The van der Waals surface area contributed by atoms with E-state index in [1.54, 1.807) is 0 Å². The lowest BCUT2D eigenvalue weighted by atomic mass is 10.0. The highest BCUT2D eigenvalue weighted by Gasteiger charge is 2.22. The highest BCUT2D eigenvalue weighted by atomic mass is 16.6. The molecule has 0 aliphatic heterocycles. The van der Waals surface area contributed by atoms with Gasteiger partial charge in [0.25, 0.3) is 0 Å². The van der Waals surface area contributed by atoms with Crippen molar-refractivity contribution in [2.45, 2.75) is 19.8 Å². The van der Waals surface area contributed by atoms with Crippen LogP contribution in [0, 0.1) is 10.1 Å². The molecule has 21 heavy (non-hydrogen) atoms. The Labute approximate surface area is 121 Å². The van der Waals surface area contributed by atoms with Gasteiger partial charge in [0.05, 0.1) is 4.92 Å². The summed E-state index contributed by atoms with van der Waals surface area (Å²) in [5.41, 5.74) is 3.78. The summed E-state index contributed by atoms with van der Waals surface area (Å²) in [7, 11) is 0. The molecule has 0 fully saturated rings. The third kappa shape index (κ3) is 3.23. The molecule has 0 saturated carbocycles. The van der Waals surface area contributed by atoms with Gasteiger partial charge in [-0.1, -0.05) is 26.0 Å². The Morgan fingerprint density at radius 1 is 1.19 bits per heavy atom. The van der Waals surface area contributed by atoms with E-state index >= 15 is 0 Å². The molecule has 0 unspecified atom stereocenters. The maximum atomic E-state index is 11.1.